The van der Waals surface area contributed by atoms with Crippen molar-refractivity contribution in [2.45, 2.75) is 97.9 Å². The summed E-state index contributed by atoms with van der Waals surface area (Å²) in [4.78, 5) is 4.21. The molecule has 10 aliphatic rings. The molecular formula is C21H27BF4N2. The predicted molar refractivity (Wildman–Crippen MR) is 96.8 cm³/mol. The van der Waals surface area contributed by atoms with Crippen molar-refractivity contribution in [3.63, 3.8) is 0 Å². The van der Waals surface area contributed by atoms with Gasteiger partial charge in [0, 0.05) is 28.3 Å². The van der Waals surface area contributed by atoms with Gasteiger partial charge in [0.25, 0.3) is 11.8 Å². The second-order valence-electron chi connectivity index (χ2n) is 12.2. The van der Waals surface area contributed by atoms with E-state index in [4.69, 9.17) is 0 Å². The Hall–Kier alpha value is -0.295. The first-order valence-electron chi connectivity index (χ1n) is 11.5. The van der Waals surface area contributed by atoms with Crippen LogP contribution in [0.2, 0.25) is 10.6 Å². The smallest absolute Gasteiger partial charge is 0.259 e. The Labute approximate surface area is 163 Å². The number of alkyl halides is 4. The van der Waals surface area contributed by atoms with Crippen LogP contribution in [0.3, 0.4) is 0 Å². The molecule has 0 aromatic carbocycles. The summed E-state index contributed by atoms with van der Waals surface area (Å²) in [5.41, 5.74) is -0.495. The van der Waals surface area contributed by atoms with E-state index >= 15 is 17.6 Å². The molecule has 10 fully saturated rings. The van der Waals surface area contributed by atoms with Crippen LogP contribution in [0.5, 0.6) is 0 Å². The highest BCUT2D eigenvalue weighted by Crippen LogP contribution is 2.84. The number of hydrogen-bond acceptors (Lipinski definition) is 2. The number of halogens is 4. The maximum absolute atomic E-state index is 16.0. The summed E-state index contributed by atoms with van der Waals surface area (Å²) in [6.07, 6.45) is 6.64. The monoisotopic (exact) mass is 394 g/mol. The fourth-order valence-corrected chi connectivity index (χ4v) is 11.3. The molecule has 3 aliphatic carbocycles. The van der Waals surface area contributed by atoms with Crippen molar-refractivity contribution in [1.82, 2.24) is 9.80 Å². The standard InChI is InChI=1S/C21H27BF4N2/c23-19(24)10-27-15-2-12-3-16(4-15)28-11-20(25,26)18-7-13-1-14(8-18)6-17(19,5-13)22(18)21(27,28)9-12/h12-16H,1-11H2. The molecule has 0 radical (unpaired) electrons. The lowest BCUT2D eigenvalue weighted by Gasteiger charge is -2.83. The average Bonchev–Trinajstić information content (AvgIpc) is 2.58. The molecule has 28 heavy (non-hydrogen) atoms. The fraction of sp³-hybridized carbons (Fsp3) is 1.00. The van der Waals surface area contributed by atoms with Gasteiger partial charge in [0.1, 0.15) is 0 Å². The van der Waals surface area contributed by atoms with Crippen LogP contribution in [0.15, 0.2) is 0 Å². The summed E-state index contributed by atoms with van der Waals surface area (Å²) in [6.45, 7) is -0.891. The summed E-state index contributed by atoms with van der Waals surface area (Å²) in [7, 11) is 0. The van der Waals surface area contributed by atoms with E-state index in [-0.39, 0.29) is 37.0 Å². The van der Waals surface area contributed by atoms with E-state index in [1.807, 2.05) is 0 Å². The van der Waals surface area contributed by atoms with Gasteiger partial charge < -0.3 is 0 Å². The van der Waals surface area contributed by atoms with E-state index in [0.29, 0.717) is 31.6 Å². The molecule has 2 unspecified atom stereocenters. The maximum atomic E-state index is 16.0. The molecule has 0 amide bonds. The number of piperidine rings is 2. The lowest BCUT2D eigenvalue weighted by atomic mass is 9.04. The largest absolute Gasteiger partial charge is 0.283 e. The van der Waals surface area contributed by atoms with Crippen LogP contribution in [-0.4, -0.2) is 59.1 Å². The van der Waals surface area contributed by atoms with Gasteiger partial charge in [-0.15, -0.1) is 0 Å². The zero-order valence-corrected chi connectivity index (χ0v) is 16.1. The molecule has 0 aromatic rings. The van der Waals surface area contributed by atoms with Gasteiger partial charge in [0.05, 0.1) is 13.1 Å². The zero-order valence-electron chi connectivity index (χ0n) is 16.1. The van der Waals surface area contributed by atoms with E-state index in [1.165, 1.54) is 0 Å². The SMILES string of the molecule is FC1(F)CN2C3CC4CC(C3)N3CC(F)(F)C56CC7CC(CC1(C7)B5C23C4)C6. The Kier molecular flexibility index (Phi) is 2.47. The first kappa shape index (κ1) is 16.4. The number of nitrogens with zero attached hydrogens (tertiary/aromatic N) is 2. The molecule has 7 aliphatic heterocycles. The summed E-state index contributed by atoms with van der Waals surface area (Å²) < 4.78 is 64.2. The molecule has 0 aromatic heterocycles. The fourth-order valence-electron chi connectivity index (χ4n) is 11.3. The molecule has 3 spiro atoms. The highest BCUT2D eigenvalue weighted by molar-refractivity contribution is 6.71. The van der Waals surface area contributed by atoms with Crippen LogP contribution in [0.4, 0.5) is 17.6 Å². The Balaban J connectivity index is 1.45. The molecule has 7 saturated heterocycles. The number of hydrogen-bond donors (Lipinski definition) is 0. The van der Waals surface area contributed by atoms with Gasteiger partial charge in [-0.25, -0.2) is 17.6 Å². The number of rotatable bonds is 0. The van der Waals surface area contributed by atoms with Crippen molar-refractivity contribution in [2.24, 2.45) is 17.8 Å². The van der Waals surface area contributed by atoms with Crippen LogP contribution < -0.4 is 0 Å². The van der Waals surface area contributed by atoms with Crippen LogP contribution in [-0.2, 0) is 0 Å². The van der Waals surface area contributed by atoms with Gasteiger partial charge >= 0.3 is 0 Å². The van der Waals surface area contributed by atoms with Crippen molar-refractivity contribution in [2.75, 3.05) is 13.1 Å². The minimum Gasteiger partial charge on any atom is -0.283 e. The van der Waals surface area contributed by atoms with E-state index in [0.717, 1.165) is 32.1 Å². The Bertz CT molecular complexity index is 733. The topological polar surface area (TPSA) is 6.48 Å². The van der Waals surface area contributed by atoms with Crippen LogP contribution in [0, 0.1) is 17.8 Å². The van der Waals surface area contributed by atoms with Gasteiger partial charge in [0.2, 0.25) is 6.71 Å². The summed E-state index contributed by atoms with van der Waals surface area (Å²) in [5.74, 6) is -4.93. The van der Waals surface area contributed by atoms with Gasteiger partial charge in [-0.1, -0.05) is 0 Å². The van der Waals surface area contributed by atoms with Gasteiger partial charge in [-0.2, -0.15) is 0 Å². The van der Waals surface area contributed by atoms with Crippen molar-refractivity contribution >= 4 is 6.71 Å². The first-order chi connectivity index (χ1) is 13.2. The van der Waals surface area contributed by atoms with E-state index in [9.17, 15) is 0 Å². The minimum atomic E-state index is -2.83. The highest BCUT2D eigenvalue weighted by atomic mass is 19.3. The second-order valence-corrected chi connectivity index (χ2v) is 12.2. The third kappa shape index (κ3) is 1.38. The lowest BCUT2D eigenvalue weighted by molar-refractivity contribution is -0.282. The highest BCUT2D eigenvalue weighted by Gasteiger charge is 2.89. The molecule has 2 nitrogen and oxygen atoms in total. The summed E-state index contributed by atoms with van der Waals surface area (Å²) in [5, 5.41) is -2.36. The third-order valence-electron chi connectivity index (χ3n) is 11.3. The second kappa shape index (κ2) is 4.21. The normalized spacial score (nSPS) is 61.7. The lowest BCUT2D eigenvalue weighted by Crippen LogP contribution is -2.94. The zero-order chi connectivity index (χ0) is 18.9. The first-order valence-corrected chi connectivity index (χ1v) is 11.5. The van der Waals surface area contributed by atoms with Gasteiger partial charge in [-0.05, 0) is 75.5 Å². The summed E-state index contributed by atoms with van der Waals surface area (Å²) >= 11 is 0. The van der Waals surface area contributed by atoms with E-state index in [2.05, 4.69) is 9.80 Å². The van der Waals surface area contributed by atoms with E-state index < -0.39 is 34.7 Å². The van der Waals surface area contributed by atoms with Crippen molar-refractivity contribution in [3.8, 4) is 0 Å². The van der Waals surface area contributed by atoms with E-state index in [1.54, 1.807) is 0 Å². The molecular weight excluding hydrogens is 367 g/mol. The van der Waals surface area contributed by atoms with Crippen molar-refractivity contribution in [3.05, 3.63) is 0 Å². The Morgan fingerprint density at radius 3 is 1.61 bits per heavy atom. The molecule has 7 heterocycles. The van der Waals surface area contributed by atoms with Crippen molar-refractivity contribution in [1.29, 1.82) is 0 Å². The minimum absolute atomic E-state index is 0.0903. The molecule has 0 N–H and O–H groups in total. The molecule has 8 bridgehead atoms. The molecule has 7 heteroatoms. The van der Waals surface area contributed by atoms with Gasteiger partial charge in [0.15, 0.2) is 0 Å². The Morgan fingerprint density at radius 1 is 0.607 bits per heavy atom. The molecule has 10 rings (SSSR count). The van der Waals surface area contributed by atoms with Crippen LogP contribution >= 0.6 is 0 Å². The Morgan fingerprint density at radius 2 is 1.11 bits per heavy atom. The quantitative estimate of drug-likeness (QED) is 0.447. The van der Waals surface area contributed by atoms with Crippen molar-refractivity contribution < 1.29 is 17.6 Å². The average molecular weight is 394 g/mol. The maximum Gasteiger partial charge on any atom is 0.259 e. The molecule has 152 valence electrons. The van der Waals surface area contributed by atoms with Gasteiger partial charge in [-0.3, -0.25) is 9.80 Å². The molecule has 3 saturated carbocycles. The molecule has 2 atom stereocenters. The predicted octanol–water partition coefficient (Wildman–Crippen LogP) is 4.28. The van der Waals surface area contributed by atoms with Crippen LogP contribution in [0.1, 0.15) is 57.8 Å². The summed E-state index contributed by atoms with van der Waals surface area (Å²) in [6, 6.07) is 0.385. The third-order valence-corrected chi connectivity index (χ3v) is 11.3. The van der Waals surface area contributed by atoms with Crippen LogP contribution in [0.25, 0.3) is 0 Å².